The first-order valence-electron chi connectivity index (χ1n) is 9.23. The second kappa shape index (κ2) is 6.16. The third-order valence-electron chi connectivity index (χ3n) is 6.02. The van der Waals surface area contributed by atoms with Gasteiger partial charge in [0.15, 0.2) is 0 Å². The number of carbonyl (C=O) groups excluding carboxylic acids is 1. The number of hydrogen-bond acceptors (Lipinski definition) is 4. The first-order valence-corrected chi connectivity index (χ1v) is 9.23. The van der Waals surface area contributed by atoms with Crippen molar-refractivity contribution < 1.29 is 14.5 Å². The minimum absolute atomic E-state index is 0.123. The second-order valence-electron chi connectivity index (χ2n) is 9.03. The smallest absolute Gasteiger partial charge is 0.307 e. The van der Waals surface area contributed by atoms with Gasteiger partial charge in [-0.15, -0.1) is 0 Å². The van der Waals surface area contributed by atoms with Crippen LogP contribution in [0, 0.1) is 33.3 Å². The van der Waals surface area contributed by atoms with Crippen molar-refractivity contribution in [2.24, 2.45) is 23.2 Å². The van der Waals surface area contributed by atoms with Crippen LogP contribution >= 0.6 is 0 Å². The minimum Gasteiger partial charge on any atom is -0.460 e. The fraction of sp³-hybridized carbons (Fsp3) is 0.842. The maximum absolute atomic E-state index is 12.3. The van der Waals surface area contributed by atoms with Gasteiger partial charge in [-0.25, -0.2) is 0 Å². The summed E-state index contributed by atoms with van der Waals surface area (Å²) in [5.41, 5.74) is 0.435. The van der Waals surface area contributed by atoms with Gasteiger partial charge in [0.05, 0.1) is 11.8 Å². The number of ether oxygens (including phenoxy) is 1. The van der Waals surface area contributed by atoms with Crippen molar-refractivity contribution in [1.82, 2.24) is 0 Å². The zero-order valence-corrected chi connectivity index (χ0v) is 15.0. The Balaban J connectivity index is 1.73. The third kappa shape index (κ3) is 3.50. The van der Waals surface area contributed by atoms with E-state index in [-0.39, 0.29) is 29.8 Å². The minimum atomic E-state index is -0.545. The van der Waals surface area contributed by atoms with E-state index in [0.29, 0.717) is 11.8 Å². The van der Waals surface area contributed by atoms with E-state index in [1.165, 1.54) is 31.3 Å². The summed E-state index contributed by atoms with van der Waals surface area (Å²) in [4.78, 5) is 23.3. The molecule has 0 N–H and O–H groups in total. The van der Waals surface area contributed by atoms with E-state index in [4.69, 9.17) is 4.74 Å². The average molecular weight is 335 g/mol. The highest BCUT2D eigenvalue weighted by Gasteiger charge is 2.59. The second-order valence-corrected chi connectivity index (χ2v) is 9.03. The van der Waals surface area contributed by atoms with Crippen molar-refractivity contribution >= 4 is 5.97 Å². The largest absolute Gasteiger partial charge is 0.460 e. The lowest BCUT2D eigenvalue weighted by Crippen LogP contribution is -2.51. The Hall–Kier alpha value is -1.39. The highest BCUT2D eigenvalue weighted by molar-refractivity contribution is 5.71. The summed E-state index contributed by atoms with van der Waals surface area (Å²) in [6, 6.07) is 0. The molecular formula is C19H29NO4. The van der Waals surface area contributed by atoms with Gasteiger partial charge >= 0.3 is 5.97 Å². The highest BCUT2D eigenvalue weighted by Crippen LogP contribution is 2.61. The molecule has 134 valence electrons. The molecule has 0 bridgehead atoms. The van der Waals surface area contributed by atoms with Gasteiger partial charge in [0.2, 0.25) is 6.54 Å². The number of allylic oxidation sites excluding steroid dienone is 2. The molecule has 2 fully saturated rings. The molecule has 0 aromatic heterocycles. The van der Waals surface area contributed by atoms with Crippen LogP contribution in [-0.4, -0.2) is 23.0 Å². The van der Waals surface area contributed by atoms with Crippen molar-refractivity contribution in [2.45, 2.75) is 71.3 Å². The van der Waals surface area contributed by atoms with Gasteiger partial charge in [-0.1, -0.05) is 24.5 Å². The fourth-order valence-corrected chi connectivity index (χ4v) is 5.18. The van der Waals surface area contributed by atoms with E-state index >= 15 is 0 Å². The molecule has 3 aliphatic rings. The molecule has 0 aromatic carbocycles. The molecule has 0 spiro atoms. The van der Waals surface area contributed by atoms with E-state index in [1.807, 2.05) is 20.8 Å². The molecule has 0 aromatic rings. The van der Waals surface area contributed by atoms with Crippen LogP contribution in [0.5, 0.6) is 0 Å². The maximum atomic E-state index is 12.3. The molecule has 3 atom stereocenters. The Morgan fingerprint density at radius 2 is 2.04 bits per heavy atom. The van der Waals surface area contributed by atoms with Crippen LogP contribution in [-0.2, 0) is 9.53 Å². The summed E-state index contributed by atoms with van der Waals surface area (Å²) in [5, 5.41) is 11.2. The van der Waals surface area contributed by atoms with Gasteiger partial charge in [-0.3, -0.25) is 14.9 Å². The monoisotopic (exact) mass is 335 g/mol. The van der Waals surface area contributed by atoms with E-state index < -0.39 is 11.0 Å². The maximum Gasteiger partial charge on any atom is 0.307 e. The molecule has 5 heteroatoms. The molecule has 24 heavy (non-hydrogen) atoms. The Bertz CT molecular complexity index is 556. The Morgan fingerprint density at radius 3 is 2.62 bits per heavy atom. The number of nitro groups is 1. The molecule has 0 amide bonds. The molecule has 0 aliphatic heterocycles. The standard InChI is InChI=1S/C19H29NO4/c1-18(2,3)24-17(21)11-19(12-20(22)23)10-15-8-14(9-16(15)19)13-6-4-5-7-13/h9,13,15-16H,4-8,10-12H2,1-3H3/t15-,16-,19-/m0/s1. The number of rotatable bonds is 5. The van der Waals surface area contributed by atoms with Crippen LogP contribution in [0.1, 0.15) is 65.7 Å². The summed E-state index contributed by atoms with van der Waals surface area (Å²) in [7, 11) is 0. The van der Waals surface area contributed by atoms with Crippen LogP contribution < -0.4 is 0 Å². The van der Waals surface area contributed by atoms with Crippen LogP contribution in [0.2, 0.25) is 0 Å². The number of nitrogens with zero attached hydrogens (tertiary/aromatic N) is 1. The van der Waals surface area contributed by atoms with Gasteiger partial charge in [0, 0.05) is 4.92 Å². The van der Waals surface area contributed by atoms with Crippen molar-refractivity contribution in [2.75, 3.05) is 6.54 Å². The van der Waals surface area contributed by atoms with Gasteiger partial charge in [-0.05, 0) is 64.2 Å². The van der Waals surface area contributed by atoms with Crippen molar-refractivity contribution in [1.29, 1.82) is 0 Å². The van der Waals surface area contributed by atoms with Crippen molar-refractivity contribution in [3.63, 3.8) is 0 Å². The molecular weight excluding hydrogens is 306 g/mol. The Labute approximate surface area is 144 Å². The third-order valence-corrected chi connectivity index (χ3v) is 6.02. The van der Waals surface area contributed by atoms with Crippen LogP contribution in [0.15, 0.2) is 11.6 Å². The number of hydrogen-bond donors (Lipinski definition) is 0. The van der Waals surface area contributed by atoms with E-state index in [0.717, 1.165) is 12.8 Å². The van der Waals surface area contributed by atoms with E-state index in [2.05, 4.69) is 6.08 Å². The average Bonchev–Trinajstić information content (AvgIpc) is 3.02. The van der Waals surface area contributed by atoms with Crippen LogP contribution in [0.3, 0.4) is 0 Å². The SMILES string of the molecule is CC(C)(C)OC(=O)C[C@]1(C[N+](=O)[O-])C[C@@H]2CC(C3CCCC3)=C[C@@H]21. The highest BCUT2D eigenvalue weighted by atomic mass is 16.6. The zero-order valence-electron chi connectivity index (χ0n) is 15.0. The van der Waals surface area contributed by atoms with E-state index in [9.17, 15) is 14.9 Å². The first kappa shape index (κ1) is 17.4. The predicted molar refractivity (Wildman–Crippen MR) is 91.0 cm³/mol. The van der Waals surface area contributed by atoms with Crippen LogP contribution in [0.25, 0.3) is 0 Å². The molecule has 3 aliphatic carbocycles. The number of fused-ring (bicyclic) bond motifs is 1. The first-order chi connectivity index (χ1) is 11.2. The van der Waals surface area contributed by atoms with E-state index in [1.54, 1.807) is 0 Å². The summed E-state index contributed by atoms with van der Waals surface area (Å²) in [6.45, 7) is 5.38. The van der Waals surface area contributed by atoms with Crippen molar-refractivity contribution in [3.05, 3.63) is 21.8 Å². The summed E-state index contributed by atoms with van der Waals surface area (Å²) in [5.74, 6) is 1.07. The fourth-order valence-electron chi connectivity index (χ4n) is 5.18. The molecule has 3 rings (SSSR count). The van der Waals surface area contributed by atoms with Crippen molar-refractivity contribution in [3.8, 4) is 0 Å². The lowest BCUT2D eigenvalue weighted by Gasteiger charge is -2.49. The van der Waals surface area contributed by atoms with Gasteiger partial charge < -0.3 is 4.74 Å². The molecule has 2 saturated carbocycles. The van der Waals surface area contributed by atoms with Gasteiger partial charge in [0.1, 0.15) is 5.60 Å². The molecule has 0 radical (unpaired) electrons. The normalized spacial score (nSPS) is 32.9. The van der Waals surface area contributed by atoms with Gasteiger partial charge in [-0.2, -0.15) is 0 Å². The molecule has 0 heterocycles. The summed E-state index contributed by atoms with van der Waals surface area (Å²) in [6.07, 6.45) is 9.47. The lowest BCUT2D eigenvalue weighted by atomic mass is 9.53. The number of carbonyl (C=O) groups is 1. The lowest BCUT2D eigenvalue weighted by molar-refractivity contribution is -0.506. The van der Waals surface area contributed by atoms with Crippen LogP contribution in [0.4, 0.5) is 0 Å². The molecule has 0 unspecified atom stereocenters. The zero-order chi connectivity index (χ0) is 17.5. The Morgan fingerprint density at radius 1 is 1.38 bits per heavy atom. The topological polar surface area (TPSA) is 69.4 Å². The number of esters is 1. The quantitative estimate of drug-likeness (QED) is 0.328. The summed E-state index contributed by atoms with van der Waals surface area (Å²) >= 11 is 0. The molecule has 5 nitrogen and oxygen atoms in total. The Kier molecular flexibility index (Phi) is 4.47. The van der Waals surface area contributed by atoms with Gasteiger partial charge in [0.25, 0.3) is 0 Å². The summed E-state index contributed by atoms with van der Waals surface area (Å²) < 4.78 is 5.44. The molecule has 0 saturated heterocycles. The predicted octanol–water partition coefficient (Wildman–Crippen LogP) is 4.14.